The molecule has 0 aliphatic carbocycles. The van der Waals surface area contributed by atoms with Gasteiger partial charge in [0.1, 0.15) is 5.60 Å². The van der Waals surface area contributed by atoms with E-state index in [9.17, 15) is 0 Å². The molecule has 0 aromatic carbocycles. The van der Waals surface area contributed by atoms with Crippen molar-refractivity contribution in [1.82, 2.24) is 0 Å². The summed E-state index contributed by atoms with van der Waals surface area (Å²) in [6, 6.07) is 0. The van der Waals surface area contributed by atoms with Gasteiger partial charge in [-0.2, -0.15) is 0 Å². The van der Waals surface area contributed by atoms with Crippen molar-refractivity contribution in [3.8, 4) is 12.3 Å². The maximum atomic E-state index is 5.20. The molecule has 0 aliphatic rings. The van der Waals surface area contributed by atoms with Crippen molar-refractivity contribution in [2.24, 2.45) is 0 Å². The van der Waals surface area contributed by atoms with Crippen LogP contribution in [0.15, 0.2) is 0 Å². The number of rotatable bonds is 3. The highest BCUT2D eigenvalue weighted by molar-refractivity contribution is 5.02. The quantitative estimate of drug-likeness (QED) is 0.518. The molecule has 1 nitrogen and oxygen atoms in total. The third kappa shape index (κ3) is 4.05. The van der Waals surface area contributed by atoms with Crippen LogP contribution < -0.4 is 0 Å². The number of terminal acetylenes is 1. The SMILES string of the molecule is [CH]CCOC(C)(C)C#C. The topological polar surface area (TPSA) is 9.23 Å². The molecule has 1 heteroatoms. The van der Waals surface area contributed by atoms with Crippen molar-refractivity contribution in [3.05, 3.63) is 6.92 Å². The number of ether oxygens (including phenoxy) is 1. The average Bonchev–Trinajstić information content (AvgIpc) is 1.84. The Balaban J connectivity index is 3.49. The predicted octanol–water partition coefficient (Wildman–Crippen LogP) is 1.52. The minimum atomic E-state index is -0.459. The summed E-state index contributed by atoms with van der Waals surface area (Å²) in [7, 11) is 0. The second kappa shape index (κ2) is 3.53. The summed E-state index contributed by atoms with van der Waals surface area (Å²) in [5.41, 5.74) is -0.459. The van der Waals surface area contributed by atoms with Gasteiger partial charge in [-0.25, -0.2) is 0 Å². The molecule has 0 spiro atoms. The van der Waals surface area contributed by atoms with Crippen molar-refractivity contribution < 1.29 is 4.74 Å². The molecular formula is C8H12O. The van der Waals surface area contributed by atoms with Crippen LogP contribution in [0.5, 0.6) is 0 Å². The van der Waals surface area contributed by atoms with E-state index in [0.29, 0.717) is 13.0 Å². The van der Waals surface area contributed by atoms with Crippen LogP contribution in [0.25, 0.3) is 0 Å². The van der Waals surface area contributed by atoms with Crippen molar-refractivity contribution in [1.29, 1.82) is 0 Å². The van der Waals surface area contributed by atoms with E-state index in [1.807, 2.05) is 13.8 Å². The van der Waals surface area contributed by atoms with Crippen LogP contribution in [0.1, 0.15) is 20.3 Å². The van der Waals surface area contributed by atoms with Crippen molar-refractivity contribution in [2.45, 2.75) is 25.9 Å². The number of hydrogen-bond donors (Lipinski definition) is 0. The van der Waals surface area contributed by atoms with Gasteiger partial charge in [-0.15, -0.1) is 6.42 Å². The first-order valence-corrected chi connectivity index (χ1v) is 2.94. The van der Waals surface area contributed by atoms with Gasteiger partial charge in [0.05, 0.1) is 0 Å². The van der Waals surface area contributed by atoms with Crippen LogP contribution in [0.3, 0.4) is 0 Å². The van der Waals surface area contributed by atoms with Crippen LogP contribution in [0, 0.1) is 19.3 Å². The Morgan fingerprint density at radius 2 is 2.11 bits per heavy atom. The molecular weight excluding hydrogens is 112 g/mol. The molecule has 9 heavy (non-hydrogen) atoms. The highest BCUT2D eigenvalue weighted by Crippen LogP contribution is 2.06. The van der Waals surface area contributed by atoms with Gasteiger partial charge < -0.3 is 4.74 Å². The van der Waals surface area contributed by atoms with Gasteiger partial charge in [0.2, 0.25) is 0 Å². The van der Waals surface area contributed by atoms with E-state index in [0.717, 1.165) is 0 Å². The normalized spacial score (nSPS) is 10.9. The van der Waals surface area contributed by atoms with Gasteiger partial charge in [0.15, 0.2) is 0 Å². The van der Waals surface area contributed by atoms with Gasteiger partial charge in [-0.05, 0) is 27.2 Å². The second-order valence-electron chi connectivity index (χ2n) is 2.29. The Kier molecular flexibility index (Phi) is 3.34. The first kappa shape index (κ1) is 8.52. The third-order valence-electron chi connectivity index (χ3n) is 0.928. The molecule has 0 fully saturated rings. The van der Waals surface area contributed by atoms with E-state index < -0.39 is 5.60 Å². The minimum absolute atomic E-state index is 0.459. The third-order valence-corrected chi connectivity index (χ3v) is 0.928. The van der Waals surface area contributed by atoms with E-state index in [4.69, 9.17) is 18.1 Å². The summed E-state index contributed by atoms with van der Waals surface area (Å²) < 4.78 is 5.17. The number of hydrogen-bond acceptors (Lipinski definition) is 1. The van der Waals surface area contributed by atoms with Crippen LogP contribution in [-0.2, 0) is 4.74 Å². The van der Waals surface area contributed by atoms with Crippen molar-refractivity contribution in [3.63, 3.8) is 0 Å². The summed E-state index contributed by atoms with van der Waals surface area (Å²) in [6.07, 6.45) is 5.65. The lowest BCUT2D eigenvalue weighted by Crippen LogP contribution is -2.21. The van der Waals surface area contributed by atoms with E-state index in [2.05, 4.69) is 5.92 Å². The van der Waals surface area contributed by atoms with Crippen LogP contribution in [-0.4, -0.2) is 12.2 Å². The van der Waals surface area contributed by atoms with E-state index in [1.54, 1.807) is 0 Å². The predicted molar refractivity (Wildman–Crippen MR) is 37.8 cm³/mol. The van der Waals surface area contributed by atoms with Crippen molar-refractivity contribution >= 4 is 0 Å². The Hall–Kier alpha value is -0.480. The lowest BCUT2D eigenvalue weighted by atomic mass is 10.1. The van der Waals surface area contributed by atoms with Gasteiger partial charge in [0.25, 0.3) is 0 Å². The van der Waals surface area contributed by atoms with Crippen LogP contribution in [0.4, 0.5) is 0 Å². The summed E-state index contributed by atoms with van der Waals surface area (Å²) >= 11 is 0. The monoisotopic (exact) mass is 124 g/mol. The van der Waals surface area contributed by atoms with Crippen LogP contribution in [0.2, 0.25) is 0 Å². The van der Waals surface area contributed by atoms with Gasteiger partial charge >= 0.3 is 0 Å². The fourth-order valence-corrected chi connectivity index (χ4v) is 0.356. The molecule has 0 bridgehead atoms. The Morgan fingerprint density at radius 3 is 2.44 bits per heavy atom. The second-order valence-corrected chi connectivity index (χ2v) is 2.29. The standard InChI is InChI=1S/C8H12O/c1-5-7-9-8(3,4)6-2/h1-2H,5,7H2,3-4H3. The molecule has 0 amide bonds. The molecule has 0 aromatic heterocycles. The maximum absolute atomic E-state index is 5.20. The molecule has 0 saturated carbocycles. The first-order chi connectivity index (χ1) is 4.12. The van der Waals surface area contributed by atoms with E-state index in [-0.39, 0.29) is 0 Å². The molecule has 2 radical (unpaired) electrons. The zero-order chi connectivity index (χ0) is 7.33. The van der Waals surface area contributed by atoms with Gasteiger partial charge in [0, 0.05) is 6.61 Å². The molecule has 0 saturated heterocycles. The molecule has 0 rings (SSSR count). The lowest BCUT2D eigenvalue weighted by molar-refractivity contribution is 0.0299. The van der Waals surface area contributed by atoms with Crippen molar-refractivity contribution in [2.75, 3.05) is 6.61 Å². The summed E-state index contributed by atoms with van der Waals surface area (Å²) in [5, 5.41) is 0. The Morgan fingerprint density at radius 1 is 1.56 bits per heavy atom. The molecule has 0 heterocycles. The smallest absolute Gasteiger partial charge is 0.122 e. The fourth-order valence-electron chi connectivity index (χ4n) is 0.356. The molecule has 0 atom stereocenters. The Bertz CT molecular complexity index is 108. The zero-order valence-corrected chi connectivity index (χ0v) is 5.98. The van der Waals surface area contributed by atoms with Gasteiger partial charge in [-0.1, -0.05) is 5.92 Å². The van der Waals surface area contributed by atoms with E-state index >= 15 is 0 Å². The highest BCUT2D eigenvalue weighted by Gasteiger charge is 2.11. The molecule has 0 aliphatic heterocycles. The van der Waals surface area contributed by atoms with Gasteiger partial charge in [-0.3, -0.25) is 0 Å². The molecule has 50 valence electrons. The summed E-state index contributed by atoms with van der Waals surface area (Å²) in [4.78, 5) is 0. The minimum Gasteiger partial charge on any atom is -0.363 e. The molecule has 0 aromatic rings. The summed E-state index contributed by atoms with van der Waals surface area (Å²) in [5.74, 6) is 2.50. The lowest BCUT2D eigenvalue weighted by Gasteiger charge is -2.17. The average molecular weight is 124 g/mol. The van der Waals surface area contributed by atoms with Crippen LogP contribution >= 0.6 is 0 Å². The highest BCUT2D eigenvalue weighted by atomic mass is 16.5. The molecule has 0 unspecified atom stereocenters. The fraction of sp³-hybridized carbons (Fsp3) is 0.625. The van der Waals surface area contributed by atoms with E-state index in [1.165, 1.54) is 0 Å². The largest absolute Gasteiger partial charge is 0.363 e. The molecule has 0 N–H and O–H groups in total. The Labute approximate surface area is 57.4 Å². The zero-order valence-electron chi connectivity index (χ0n) is 5.98. The summed E-state index contributed by atoms with van der Waals surface area (Å²) in [6.45, 7) is 9.39. The maximum Gasteiger partial charge on any atom is 0.122 e. The first-order valence-electron chi connectivity index (χ1n) is 2.94.